The first-order valence-electron chi connectivity index (χ1n) is 8.53. The number of hydrogen-bond acceptors (Lipinski definition) is 5. The van der Waals surface area contributed by atoms with Crippen LogP contribution in [-0.4, -0.2) is 20.5 Å². The summed E-state index contributed by atoms with van der Waals surface area (Å²) in [7, 11) is 0. The number of carbonyl (C=O) groups excluding carboxylic acids is 1. The summed E-state index contributed by atoms with van der Waals surface area (Å²) in [6.45, 7) is 0.130. The quantitative estimate of drug-likeness (QED) is 0.578. The maximum Gasteiger partial charge on any atom is 0.330 e. The van der Waals surface area contributed by atoms with Crippen molar-refractivity contribution < 1.29 is 9.90 Å². The zero-order chi connectivity index (χ0) is 19.7. The minimum atomic E-state index is -1.51. The Hall–Kier alpha value is -4.00. The Morgan fingerprint density at radius 3 is 2.29 bits per heavy atom. The van der Waals surface area contributed by atoms with Gasteiger partial charge in [0.25, 0.3) is 5.56 Å². The predicted molar refractivity (Wildman–Crippen MR) is 102 cm³/mol. The normalized spacial score (nSPS) is 10.9. The third-order valence-electron chi connectivity index (χ3n) is 4.42. The molecule has 4 rings (SSSR count). The van der Waals surface area contributed by atoms with Gasteiger partial charge in [0.2, 0.25) is 0 Å². The third kappa shape index (κ3) is 3.09. The molecule has 4 aromatic rings. The lowest BCUT2D eigenvalue weighted by atomic mass is 10.1. The Kier molecular flexibility index (Phi) is 4.33. The molecule has 2 aromatic carbocycles. The number of pyridine rings is 1. The van der Waals surface area contributed by atoms with Gasteiger partial charge in [0.15, 0.2) is 5.65 Å². The number of H-pyrrole nitrogens is 1. The molecule has 7 nitrogen and oxygen atoms in total. The summed E-state index contributed by atoms with van der Waals surface area (Å²) in [6, 6.07) is 19.3. The average Bonchev–Trinajstić information content (AvgIpc) is 2.71. The number of aromatic carboxylic acids is 1. The zero-order valence-corrected chi connectivity index (χ0v) is 14.6. The van der Waals surface area contributed by atoms with E-state index in [0.29, 0.717) is 11.3 Å². The number of fused-ring (bicyclic) bond motifs is 1. The van der Waals surface area contributed by atoms with E-state index in [-0.39, 0.29) is 23.1 Å². The first-order chi connectivity index (χ1) is 13.5. The van der Waals surface area contributed by atoms with Crippen LogP contribution in [0.5, 0.6) is 0 Å². The fourth-order valence-corrected chi connectivity index (χ4v) is 3.10. The van der Waals surface area contributed by atoms with Gasteiger partial charge in [-0.1, -0.05) is 60.7 Å². The van der Waals surface area contributed by atoms with Gasteiger partial charge in [-0.2, -0.15) is 0 Å². The van der Waals surface area contributed by atoms with Gasteiger partial charge in [0, 0.05) is 11.1 Å². The van der Waals surface area contributed by atoms with E-state index in [1.165, 1.54) is 10.6 Å². The second kappa shape index (κ2) is 6.96. The van der Waals surface area contributed by atoms with Crippen LogP contribution in [0.25, 0.3) is 22.3 Å². The fraction of sp³-hybridized carbons (Fsp3) is 0.0476. The fourth-order valence-electron chi connectivity index (χ4n) is 3.10. The van der Waals surface area contributed by atoms with E-state index in [4.69, 9.17) is 0 Å². The Labute approximate surface area is 158 Å². The number of carbonyl (C=O) groups is 1. The monoisotopic (exact) mass is 372 g/mol. The van der Waals surface area contributed by atoms with E-state index in [0.717, 1.165) is 5.56 Å². The highest BCUT2D eigenvalue weighted by molar-refractivity contribution is 6.01. The maximum atomic E-state index is 12.5. The van der Waals surface area contributed by atoms with Crippen LogP contribution in [0.2, 0.25) is 0 Å². The molecular weight excluding hydrogens is 358 g/mol. The van der Waals surface area contributed by atoms with Crippen molar-refractivity contribution >= 4 is 17.0 Å². The number of nitrogens with one attached hydrogen (secondary N) is 1. The molecule has 2 heterocycles. The molecule has 0 aliphatic carbocycles. The standard InChI is InChI=1S/C21H15N3O4/c25-19-17-15(20(26)27)11-16(14-9-5-2-6-10-14)22-18(17)24(21(28)23-19)12-13-7-3-1-4-8-13/h1-11H,12H2,(H,26,27)(H,23,25,28)/p-1. The Morgan fingerprint density at radius 2 is 1.64 bits per heavy atom. The highest BCUT2D eigenvalue weighted by Gasteiger charge is 2.16. The number of carboxylic acid groups (broad SMARTS) is 1. The largest absolute Gasteiger partial charge is 0.545 e. The minimum absolute atomic E-state index is 0.00171. The minimum Gasteiger partial charge on any atom is -0.545 e. The Bertz CT molecular complexity index is 1290. The lowest BCUT2D eigenvalue weighted by Gasteiger charge is -2.14. The van der Waals surface area contributed by atoms with E-state index in [2.05, 4.69) is 9.97 Å². The summed E-state index contributed by atoms with van der Waals surface area (Å²) in [5, 5.41) is 11.5. The van der Waals surface area contributed by atoms with Crippen LogP contribution in [0.15, 0.2) is 76.3 Å². The molecule has 0 saturated heterocycles. The molecule has 0 radical (unpaired) electrons. The van der Waals surface area contributed by atoms with Crippen molar-refractivity contribution in [3.8, 4) is 11.3 Å². The summed E-state index contributed by atoms with van der Waals surface area (Å²) in [5.74, 6) is -1.51. The van der Waals surface area contributed by atoms with Crippen LogP contribution in [0.1, 0.15) is 15.9 Å². The zero-order valence-electron chi connectivity index (χ0n) is 14.6. The number of nitrogens with zero attached hydrogens (tertiary/aromatic N) is 2. The molecule has 0 bridgehead atoms. The van der Waals surface area contributed by atoms with Crippen molar-refractivity contribution in [2.45, 2.75) is 6.54 Å². The van der Waals surface area contributed by atoms with Crippen LogP contribution < -0.4 is 16.4 Å². The number of carboxylic acids is 1. The Morgan fingerprint density at radius 1 is 1.00 bits per heavy atom. The first kappa shape index (κ1) is 17.4. The molecule has 1 N–H and O–H groups in total. The Balaban J connectivity index is 2.07. The van der Waals surface area contributed by atoms with Crippen molar-refractivity contribution in [3.63, 3.8) is 0 Å². The smallest absolute Gasteiger partial charge is 0.330 e. The van der Waals surface area contributed by atoms with Crippen molar-refractivity contribution in [1.29, 1.82) is 0 Å². The predicted octanol–water partition coefficient (Wildman–Crippen LogP) is 1.16. The second-order valence-electron chi connectivity index (χ2n) is 6.24. The molecule has 0 aliphatic rings. The molecule has 0 aliphatic heterocycles. The van der Waals surface area contributed by atoms with Crippen molar-refractivity contribution in [3.05, 3.63) is 98.7 Å². The summed E-state index contributed by atoms with van der Waals surface area (Å²) in [4.78, 5) is 43.2. The van der Waals surface area contributed by atoms with Crippen LogP contribution in [-0.2, 0) is 6.54 Å². The molecule has 0 atom stereocenters. The molecule has 0 amide bonds. The maximum absolute atomic E-state index is 12.5. The van der Waals surface area contributed by atoms with Crippen molar-refractivity contribution in [1.82, 2.24) is 14.5 Å². The van der Waals surface area contributed by atoms with Crippen LogP contribution in [0.3, 0.4) is 0 Å². The van der Waals surface area contributed by atoms with Crippen LogP contribution >= 0.6 is 0 Å². The number of benzene rings is 2. The summed E-state index contributed by atoms with van der Waals surface area (Å²) < 4.78 is 1.25. The van der Waals surface area contributed by atoms with Crippen LogP contribution in [0, 0.1) is 0 Å². The number of aromatic amines is 1. The molecule has 0 saturated carbocycles. The van der Waals surface area contributed by atoms with Gasteiger partial charge in [-0.05, 0) is 11.6 Å². The van der Waals surface area contributed by atoms with E-state index < -0.39 is 17.2 Å². The molecule has 28 heavy (non-hydrogen) atoms. The van der Waals surface area contributed by atoms with Crippen LogP contribution in [0.4, 0.5) is 0 Å². The molecule has 0 unspecified atom stereocenters. The molecule has 2 aromatic heterocycles. The van der Waals surface area contributed by atoms with Gasteiger partial charge in [0.05, 0.1) is 23.6 Å². The van der Waals surface area contributed by atoms with Gasteiger partial charge in [0.1, 0.15) is 0 Å². The van der Waals surface area contributed by atoms with E-state index >= 15 is 0 Å². The van der Waals surface area contributed by atoms with E-state index in [9.17, 15) is 19.5 Å². The second-order valence-corrected chi connectivity index (χ2v) is 6.24. The summed E-state index contributed by atoms with van der Waals surface area (Å²) >= 11 is 0. The van der Waals surface area contributed by atoms with Gasteiger partial charge >= 0.3 is 5.69 Å². The van der Waals surface area contributed by atoms with E-state index in [1.54, 1.807) is 24.3 Å². The molecule has 138 valence electrons. The third-order valence-corrected chi connectivity index (χ3v) is 4.42. The number of rotatable bonds is 4. The molecular formula is C21H14N3O4-. The number of aromatic nitrogens is 3. The topological polar surface area (TPSA) is 108 Å². The average molecular weight is 372 g/mol. The molecule has 0 fully saturated rings. The van der Waals surface area contributed by atoms with Gasteiger partial charge in [-0.3, -0.25) is 14.3 Å². The van der Waals surface area contributed by atoms with Crippen molar-refractivity contribution in [2.75, 3.05) is 0 Å². The van der Waals surface area contributed by atoms with E-state index in [1.807, 2.05) is 36.4 Å². The summed E-state index contributed by atoms with van der Waals surface area (Å²) in [5.41, 5.74) is 0.00826. The highest BCUT2D eigenvalue weighted by Crippen LogP contribution is 2.22. The van der Waals surface area contributed by atoms with Gasteiger partial charge < -0.3 is 9.90 Å². The number of hydrogen-bond donors (Lipinski definition) is 1. The van der Waals surface area contributed by atoms with Crippen molar-refractivity contribution in [2.24, 2.45) is 0 Å². The lowest BCUT2D eigenvalue weighted by Crippen LogP contribution is -2.33. The van der Waals surface area contributed by atoms with Gasteiger partial charge in [-0.25, -0.2) is 9.78 Å². The first-order valence-corrected chi connectivity index (χ1v) is 8.53. The van der Waals surface area contributed by atoms with Gasteiger partial charge in [-0.15, -0.1) is 0 Å². The SMILES string of the molecule is O=C([O-])c1cc(-c2ccccc2)nc2c1c(=O)[nH]c(=O)n2Cc1ccccc1. The molecule has 7 heteroatoms. The highest BCUT2D eigenvalue weighted by atomic mass is 16.4. The lowest BCUT2D eigenvalue weighted by molar-refractivity contribution is -0.254. The molecule has 0 spiro atoms. The summed E-state index contributed by atoms with van der Waals surface area (Å²) in [6.07, 6.45) is 0.